The van der Waals surface area contributed by atoms with E-state index in [1.54, 1.807) is 24.3 Å². The van der Waals surface area contributed by atoms with E-state index in [4.69, 9.17) is 4.74 Å². The summed E-state index contributed by atoms with van der Waals surface area (Å²) in [6, 6.07) is 14.8. The van der Waals surface area contributed by atoms with Crippen molar-refractivity contribution in [3.05, 3.63) is 54.1 Å². The van der Waals surface area contributed by atoms with Crippen molar-refractivity contribution in [1.82, 2.24) is 4.90 Å². The lowest BCUT2D eigenvalue weighted by molar-refractivity contribution is -0.114. The van der Waals surface area contributed by atoms with Gasteiger partial charge in [0.1, 0.15) is 5.75 Å². The van der Waals surface area contributed by atoms with E-state index in [1.165, 1.54) is 12.8 Å². The second-order valence-electron chi connectivity index (χ2n) is 8.74. The summed E-state index contributed by atoms with van der Waals surface area (Å²) in [5.74, 6) is 1.37. The van der Waals surface area contributed by atoms with Crippen molar-refractivity contribution in [3.63, 3.8) is 0 Å². The van der Waals surface area contributed by atoms with Crippen LogP contribution >= 0.6 is 0 Å². The number of ether oxygens (including phenoxy) is 1. The highest BCUT2D eigenvalue weighted by molar-refractivity contribution is 5.96. The monoisotopic (exact) mass is 437 g/mol. The Morgan fingerprint density at radius 3 is 2.16 bits per heavy atom. The number of carbonyl (C=O) groups excluding carboxylic acids is 2. The molecule has 32 heavy (non-hydrogen) atoms. The van der Waals surface area contributed by atoms with Crippen molar-refractivity contribution in [3.8, 4) is 5.75 Å². The Hall–Kier alpha value is -3.02. The SMILES string of the molecule is CC(C)CCOc1ccc(NCC(=O)Nc2ccc(C(=O)N3CCCCCC3)cc2)cc1. The number of rotatable bonds is 9. The van der Waals surface area contributed by atoms with Gasteiger partial charge in [-0.15, -0.1) is 0 Å². The minimum absolute atomic E-state index is 0.0723. The Morgan fingerprint density at radius 1 is 0.906 bits per heavy atom. The molecule has 2 amide bonds. The van der Waals surface area contributed by atoms with Gasteiger partial charge in [0.2, 0.25) is 5.91 Å². The van der Waals surface area contributed by atoms with Crippen LogP contribution in [-0.2, 0) is 4.79 Å². The number of carbonyl (C=O) groups is 2. The lowest BCUT2D eigenvalue weighted by Crippen LogP contribution is -2.31. The Labute approximate surface area is 191 Å². The molecule has 6 heteroatoms. The molecular formula is C26H35N3O3. The van der Waals surface area contributed by atoms with Gasteiger partial charge in [-0.25, -0.2) is 0 Å². The highest BCUT2D eigenvalue weighted by Gasteiger charge is 2.17. The lowest BCUT2D eigenvalue weighted by Gasteiger charge is -2.20. The van der Waals surface area contributed by atoms with Gasteiger partial charge in [0, 0.05) is 30.0 Å². The fourth-order valence-electron chi connectivity index (χ4n) is 3.62. The average molecular weight is 438 g/mol. The summed E-state index contributed by atoms with van der Waals surface area (Å²) >= 11 is 0. The molecule has 3 rings (SSSR count). The van der Waals surface area contributed by atoms with Crippen LogP contribution in [0, 0.1) is 5.92 Å². The molecule has 0 aromatic heterocycles. The van der Waals surface area contributed by atoms with Crippen LogP contribution in [0.2, 0.25) is 0 Å². The summed E-state index contributed by atoms with van der Waals surface area (Å²) in [5.41, 5.74) is 2.20. The molecule has 0 unspecified atom stereocenters. The smallest absolute Gasteiger partial charge is 0.253 e. The fraction of sp³-hybridized carbons (Fsp3) is 0.462. The molecule has 1 saturated heterocycles. The van der Waals surface area contributed by atoms with E-state index in [2.05, 4.69) is 24.5 Å². The molecule has 0 atom stereocenters. The molecule has 0 bridgehead atoms. The van der Waals surface area contributed by atoms with Crippen LogP contribution in [0.5, 0.6) is 5.75 Å². The van der Waals surface area contributed by atoms with Crippen molar-refractivity contribution >= 4 is 23.2 Å². The maximum atomic E-state index is 12.7. The minimum Gasteiger partial charge on any atom is -0.494 e. The molecule has 2 N–H and O–H groups in total. The van der Waals surface area contributed by atoms with E-state index in [0.29, 0.717) is 23.8 Å². The van der Waals surface area contributed by atoms with Gasteiger partial charge < -0.3 is 20.3 Å². The van der Waals surface area contributed by atoms with Crippen LogP contribution in [-0.4, -0.2) is 43.0 Å². The zero-order valence-corrected chi connectivity index (χ0v) is 19.2. The first-order valence-electron chi connectivity index (χ1n) is 11.7. The summed E-state index contributed by atoms with van der Waals surface area (Å²) < 4.78 is 5.71. The van der Waals surface area contributed by atoms with Crippen molar-refractivity contribution in [2.24, 2.45) is 5.92 Å². The van der Waals surface area contributed by atoms with Gasteiger partial charge >= 0.3 is 0 Å². The fourth-order valence-corrected chi connectivity index (χ4v) is 3.62. The summed E-state index contributed by atoms with van der Waals surface area (Å²) in [6.07, 6.45) is 5.55. The van der Waals surface area contributed by atoms with Crippen LogP contribution in [0.3, 0.4) is 0 Å². The molecule has 172 valence electrons. The van der Waals surface area contributed by atoms with E-state index in [-0.39, 0.29) is 18.4 Å². The first kappa shape index (κ1) is 23.6. The van der Waals surface area contributed by atoms with Crippen LogP contribution < -0.4 is 15.4 Å². The third-order valence-electron chi connectivity index (χ3n) is 5.58. The lowest BCUT2D eigenvalue weighted by atomic mass is 10.1. The normalized spacial score (nSPS) is 14.0. The number of benzene rings is 2. The van der Waals surface area contributed by atoms with Crippen molar-refractivity contribution in [1.29, 1.82) is 0 Å². The second-order valence-corrected chi connectivity index (χ2v) is 8.74. The van der Waals surface area contributed by atoms with Crippen molar-refractivity contribution in [2.75, 3.05) is 36.9 Å². The molecular weight excluding hydrogens is 402 g/mol. The molecule has 1 fully saturated rings. The van der Waals surface area contributed by atoms with Gasteiger partial charge in [-0.05, 0) is 73.7 Å². The molecule has 0 aliphatic carbocycles. The van der Waals surface area contributed by atoms with Gasteiger partial charge in [-0.1, -0.05) is 26.7 Å². The van der Waals surface area contributed by atoms with Gasteiger partial charge in [0.05, 0.1) is 13.2 Å². The predicted molar refractivity (Wildman–Crippen MR) is 129 cm³/mol. The number of hydrogen-bond acceptors (Lipinski definition) is 4. The Kier molecular flexibility index (Phi) is 8.96. The molecule has 6 nitrogen and oxygen atoms in total. The van der Waals surface area contributed by atoms with Crippen LogP contribution in [0.4, 0.5) is 11.4 Å². The molecule has 0 radical (unpaired) electrons. The number of nitrogens with one attached hydrogen (secondary N) is 2. The maximum Gasteiger partial charge on any atom is 0.253 e. The first-order valence-corrected chi connectivity index (χ1v) is 11.7. The topological polar surface area (TPSA) is 70.7 Å². The molecule has 0 spiro atoms. The number of likely N-dealkylation sites (tertiary alicyclic amines) is 1. The predicted octanol–water partition coefficient (Wildman–Crippen LogP) is 5.18. The first-order chi connectivity index (χ1) is 15.5. The van der Waals surface area contributed by atoms with Gasteiger partial charge in [0.25, 0.3) is 5.91 Å². The Morgan fingerprint density at radius 2 is 1.53 bits per heavy atom. The molecule has 1 aliphatic rings. The molecule has 1 aliphatic heterocycles. The average Bonchev–Trinajstić information content (AvgIpc) is 3.08. The van der Waals surface area contributed by atoms with Gasteiger partial charge in [-0.2, -0.15) is 0 Å². The Balaban J connectivity index is 1.43. The van der Waals surface area contributed by atoms with E-state index in [0.717, 1.165) is 43.8 Å². The number of nitrogens with zero attached hydrogens (tertiary/aromatic N) is 1. The van der Waals surface area contributed by atoms with Crippen LogP contribution in [0.25, 0.3) is 0 Å². The number of amides is 2. The van der Waals surface area contributed by atoms with E-state index < -0.39 is 0 Å². The highest BCUT2D eigenvalue weighted by Crippen LogP contribution is 2.17. The minimum atomic E-state index is -0.145. The molecule has 2 aromatic carbocycles. The standard InChI is InChI=1S/C26H35N3O3/c1-20(2)15-18-32-24-13-11-22(12-14-24)27-19-25(30)28-23-9-7-21(8-10-23)26(31)29-16-5-3-4-6-17-29/h7-14,20,27H,3-6,15-19H2,1-2H3,(H,28,30). The van der Waals surface area contributed by atoms with E-state index in [1.807, 2.05) is 29.2 Å². The quantitative estimate of drug-likeness (QED) is 0.567. The molecule has 0 saturated carbocycles. The second kappa shape index (κ2) is 12.1. The third kappa shape index (κ3) is 7.59. The maximum absolute atomic E-state index is 12.7. The molecule has 2 aromatic rings. The van der Waals surface area contributed by atoms with Crippen molar-refractivity contribution in [2.45, 2.75) is 46.0 Å². The summed E-state index contributed by atoms with van der Waals surface area (Å²) in [5, 5.41) is 5.98. The third-order valence-corrected chi connectivity index (χ3v) is 5.58. The zero-order chi connectivity index (χ0) is 22.8. The highest BCUT2D eigenvalue weighted by atomic mass is 16.5. The van der Waals surface area contributed by atoms with E-state index >= 15 is 0 Å². The van der Waals surface area contributed by atoms with Crippen LogP contribution in [0.1, 0.15) is 56.3 Å². The van der Waals surface area contributed by atoms with Crippen molar-refractivity contribution < 1.29 is 14.3 Å². The van der Waals surface area contributed by atoms with E-state index in [9.17, 15) is 9.59 Å². The molecule has 1 heterocycles. The summed E-state index contributed by atoms with van der Waals surface area (Å²) in [6.45, 7) is 6.86. The number of anilines is 2. The summed E-state index contributed by atoms with van der Waals surface area (Å²) in [4.78, 5) is 26.9. The van der Waals surface area contributed by atoms with Crippen LogP contribution in [0.15, 0.2) is 48.5 Å². The van der Waals surface area contributed by atoms with Gasteiger partial charge in [0.15, 0.2) is 0 Å². The number of hydrogen-bond donors (Lipinski definition) is 2. The van der Waals surface area contributed by atoms with Gasteiger partial charge in [-0.3, -0.25) is 9.59 Å². The largest absolute Gasteiger partial charge is 0.494 e. The zero-order valence-electron chi connectivity index (χ0n) is 19.2. The summed E-state index contributed by atoms with van der Waals surface area (Å²) in [7, 11) is 0. The Bertz CT molecular complexity index is 855.